The molecular formula is C46H36F4N12O6. The van der Waals surface area contributed by atoms with Crippen LogP contribution in [0.15, 0.2) is 117 Å². The maximum Gasteiger partial charge on any atom is 0.345 e. The summed E-state index contributed by atoms with van der Waals surface area (Å²) in [7, 11) is 0. The van der Waals surface area contributed by atoms with Crippen molar-refractivity contribution < 1.29 is 38.0 Å². The number of fused-ring (bicyclic) bond motifs is 2. The molecule has 0 spiro atoms. The first kappa shape index (κ1) is 47.3. The lowest BCUT2D eigenvalue weighted by atomic mass is 9.89. The number of nitrogens with one attached hydrogen (secondary N) is 2. The second-order valence-electron chi connectivity index (χ2n) is 15.2. The van der Waals surface area contributed by atoms with E-state index in [-0.39, 0.29) is 67.8 Å². The number of rotatable bonds is 10. The summed E-state index contributed by atoms with van der Waals surface area (Å²) < 4.78 is 55.7. The van der Waals surface area contributed by atoms with E-state index in [0.29, 0.717) is 22.5 Å². The molecule has 2 aliphatic rings. The van der Waals surface area contributed by atoms with Crippen LogP contribution in [0.2, 0.25) is 0 Å². The lowest BCUT2D eigenvalue weighted by molar-refractivity contribution is 0.0945. The molecule has 344 valence electrons. The van der Waals surface area contributed by atoms with Gasteiger partial charge in [0.25, 0.3) is 12.9 Å². The zero-order valence-electron chi connectivity index (χ0n) is 35.6. The molecule has 2 aromatic heterocycles. The number of aliphatic hydroxyl groups is 4. The van der Waals surface area contributed by atoms with Crippen molar-refractivity contribution in [3.8, 4) is 24.3 Å². The number of aromatic nitrogens is 6. The molecule has 2 aliphatic heterocycles. The Balaban J connectivity index is 0.000000201. The monoisotopic (exact) mass is 928 g/mol. The molecule has 0 aliphatic carbocycles. The molecule has 18 nitrogen and oxygen atoms in total. The van der Waals surface area contributed by atoms with Gasteiger partial charge >= 0.3 is 11.4 Å². The topological polar surface area (TPSA) is 284 Å². The Kier molecular flexibility index (Phi) is 13.5. The second kappa shape index (κ2) is 19.4. The molecule has 68 heavy (non-hydrogen) atoms. The van der Waals surface area contributed by atoms with Crippen molar-refractivity contribution >= 4 is 23.3 Å². The summed E-state index contributed by atoms with van der Waals surface area (Å²) in [4.78, 5) is 28.5. The van der Waals surface area contributed by atoms with Crippen LogP contribution in [-0.4, -0.2) is 63.2 Å². The van der Waals surface area contributed by atoms with Crippen molar-refractivity contribution in [2.24, 2.45) is 0 Å². The molecule has 6 N–H and O–H groups in total. The quantitative estimate of drug-likeness (QED) is 0.0874. The van der Waals surface area contributed by atoms with E-state index in [4.69, 9.17) is 0 Å². The highest BCUT2D eigenvalue weighted by molar-refractivity contribution is 5.70. The molecule has 0 radical (unpaired) electrons. The Labute approximate surface area is 382 Å². The number of benzene rings is 4. The van der Waals surface area contributed by atoms with E-state index < -0.39 is 61.7 Å². The average molecular weight is 929 g/mol. The first-order valence-corrected chi connectivity index (χ1v) is 20.2. The van der Waals surface area contributed by atoms with E-state index in [9.17, 15) is 68.6 Å². The van der Waals surface area contributed by atoms with Gasteiger partial charge in [0, 0.05) is 33.9 Å². The van der Waals surface area contributed by atoms with Gasteiger partial charge in [-0.3, -0.25) is 9.80 Å². The number of nitrogens with zero attached hydrogens (tertiary/aromatic N) is 10. The lowest BCUT2D eigenvalue weighted by Crippen LogP contribution is -2.35. The summed E-state index contributed by atoms with van der Waals surface area (Å²) in [6.45, 7) is 1.88. The van der Waals surface area contributed by atoms with Crippen LogP contribution in [0.1, 0.15) is 95.5 Å². The van der Waals surface area contributed by atoms with Crippen molar-refractivity contribution in [1.82, 2.24) is 29.5 Å². The van der Waals surface area contributed by atoms with Crippen LogP contribution >= 0.6 is 0 Å². The summed E-state index contributed by atoms with van der Waals surface area (Å²) in [6, 6.07) is 25.7. The highest BCUT2D eigenvalue weighted by Gasteiger charge is 2.39. The van der Waals surface area contributed by atoms with Crippen LogP contribution in [0.3, 0.4) is 0 Å². The summed E-state index contributed by atoms with van der Waals surface area (Å²) in [5.74, 6) is 0.0958. The van der Waals surface area contributed by atoms with E-state index in [1.54, 1.807) is 26.0 Å². The van der Waals surface area contributed by atoms with Crippen LogP contribution in [0.5, 0.6) is 0 Å². The molecule has 0 amide bonds. The number of nitriles is 4. The van der Waals surface area contributed by atoms with E-state index in [0.717, 1.165) is 0 Å². The second-order valence-corrected chi connectivity index (χ2v) is 15.2. The molecule has 0 saturated carbocycles. The molecular weight excluding hydrogens is 893 g/mol. The molecule has 0 fully saturated rings. The third kappa shape index (κ3) is 8.39. The van der Waals surface area contributed by atoms with Gasteiger partial charge in [0.15, 0.2) is 0 Å². The number of anilines is 4. The van der Waals surface area contributed by atoms with Gasteiger partial charge in [-0.05, 0) is 84.6 Å². The van der Waals surface area contributed by atoms with Gasteiger partial charge < -0.3 is 20.4 Å². The summed E-state index contributed by atoms with van der Waals surface area (Å²) in [5.41, 5.74) is 0.942. The number of aliphatic hydroxyl groups excluding tert-OH is 4. The van der Waals surface area contributed by atoms with Crippen LogP contribution in [0, 0.1) is 45.3 Å². The Morgan fingerprint density at radius 2 is 0.985 bits per heavy atom. The predicted molar refractivity (Wildman–Crippen MR) is 232 cm³/mol. The van der Waals surface area contributed by atoms with Gasteiger partial charge in [0.2, 0.25) is 11.9 Å². The van der Waals surface area contributed by atoms with E-state index in [1.807, 2.05) is 12.1 Å². The Morgan fingerprint density at radius 1 is 0.603 bits per heavy atom. The third-order valence-corrected chi connectivity index (χ3v) is 11.4. The highest BCUT2D eigenvalue weighted by Crippen LogP contribution is 2.45. The zero-order chi connectivity index (χ0) is 49.1. The standard InChI is InChI=1S/2C23H18F2N6O3/c2*1-12-18(10-27)20(16-6-5-13(9-26)7-17(16)19(33)11-32)31-22(28-29-23(31)34)30(12)15-4-2-3-14(8-15)21(24)25/h2*2-8,19-21,32-33H,11H2,1H3,(H,29,34)/t2*19?,20-/m10/s1. The van der Waals surface area contributed by atoms with E-state index in [2.05, 4.69) is 32.5 Å². The molecule has 0 saturated heterocycles. The van der Waals surface area contributed by atoms with Crippen molar-refractivity contribution in [2.45, 2.75) is 51.0 Å². The molecule has 4 heterocycles. The fourth-order valence-corrected chi connectivity index (χ4v) is 8.22. The SMILES string of the molecule is CC1=C(C#N)[C@@H](c2ccc(C#N)cc2C(O)CO)n2c(n[nH]c2=O)N1c1cccc(C(F)F)c1.CC1=C(C#N)[C@H](c2ccc(C#N)cc2C(O)CO)n2c(n[nH]c2=O)N1c1cccc(C(F)F)c1. The number of hydrogen-bond donors (Lipinski definition) is 6. The Bertz CT molecular complexity index is 3080. The fraction of sp³-hybridized carbons (Fsp3) is 0.217. The van der Waals surface area contributed by atoms with Crippen LogP contribution < -0.4 is 21.2 Å². The fourth-order valence-electron chi connectivity index (χ4n) is 8.22. The van der Waals surface area contributed by atoms with Gasteiger partial charge in [-0.1, -0.05) is 36.4 Å². The maximum atomic E-state index is 13.3. The zero-order valence-corrected chi connectivity index (χ0v) is 35.6. The minimum atomic E-state index is -2.72. The van der Waals surface area contributed by atoms with Crippen molar-refractivity contribution in [1.29, 1.82) is 21.0 Å². The van der Waals surface area contributed by atoms with Crippen LogP contribution in [0.4, 0.5) is 40.8 Å². The Hall–Kier alpha value is -8.64. The number of allylic oxidation sites excluding steroid dienone is 4. The average Bonchev–Trinajstić information content (AvgIpc) is 3.93. The number of alkyl halides is 4. The molecule has 22 heteroatoms. The first-order valence-electron chi connectivity index (χ1n) is 20.2. The van der Waals surface area contributed by atoms with Gasteiger partial charge in [-0.15, -0.1) is 10.2 Å². The van der Waals surface area contributed by atoms with Gasteiger partial charge in [-0.25, -0.2) is 46.5 Å². The molecule has 0 bridgehead atoms. The van der Waals surface area contributed by atoms with E-state index in [1.165, 1.54) is 91.7 Å². The number of hydrogen-bond acceptors (Lipinski definition) is 14. The summed E-state index contributed by atoms with van der Waals surface area (Å²) >= 11 is 0. The highest BCUT2D eigenvalue weighted by atomic mass is 19.3. The van der Waals surface area contributed by atoms with Gasteiger partial charge in [0.05, 0.1) is 59.8 Å². The van der Waals surface area contributed by atoms with Gasteiger partial charge in [-0.2, -0.15) is 21.0 Å². The Morgan fingerprint density at radius 3 is 1.31 bits per heavy atom. The van der Waals surface area contributed by atoms with E-state index >= 15 is 0 Å². The van der Waals surface area contributed by atoms with Crippen molar-refractivity contribution in [3.63, 3.8) is 0 Å². The van der Waals surface area contributed by atoms with Crippen LogP contribution in [0.25, 0.3) is 0 Å². The number of H-pyrrole nitrogens is 2. The molecule has 4 aromatic carbocycles. The summed E-state index contributed by atoms with van der Waals surface area (Å²) in [6.07, 6.45) is -8.20. The smallest absolute Gasteiger partial charge is 0.345 e. The van der Waals surface area contributed by atoms with Crippen molar-refractivity contribution in [2.75, 3.05) is 23.0 Å². The molecule has 4 atom stereocenters. The third-order valence-electron chi connectivity index (χ3n) is 11.4. The lowest BCUT2D eigenvalue weighted by Gasteiger charge is -2.35. The first-order chi connectivity index (χ1) is 32.6. The molecule has 8 rings (SSSR count). The largest absolute Gasteiger partial charge is 0.393 e. The predicted octanol–water partition coefficient (Wildman–Crippen LogP) is 5.89. The normalized spacial score (nSPS) is 16.2. The molecule has 6 aromatic rings. The summed E-state index contributed by atoms with van der Waals surface area (Å²) in [5, 5.41) is 91.4. The molecule has 2 unspecified atom stereocenters. The minimum absolute atomic E-state index is 0.0479. The number of aromatic amines is 2. The number of halogens is 4. The van der Waals surface area contributed by atoms with Crippen molar-refractivity contribution in [3.05, 3.63) is 173 Å². The minimum Gasteiger partial charge on any atom is -0.393 e. The van der Waals surface area contributed by atoms with Crippen LogP contribution in [-0.2, 0) is 0 Å². The van der Waals surface area contributed by atoms with Gasteiger partial charge in [0.1, 0.15) is 24.3 Å². The maximum absolute atomic E-state index is 13.3.